The molecule has 0 radical (unpaired) electrons. The molecular weight excluding hydrogens is 349 g/mol. The fraction of sp³-hybridized carbons (Fsp3) is 0.167. The first-order valence-electron chi connectivity index (χ1n) is 7.35. The summed E-state index contributed by atoms with van der Waals surface area (Å²) in [5.41, 5.74) is 2.45. The number of halogens is 2. The first kappa shape index (κ1) is 16.7. The van der Waals surface area contributed by atoms with E-state index in [4.69, 9.17) is 27.9 Å². The van der Waals surface area contributed by atoms with Crippen LogP contribution in [0.1, 0.15) is 17.5 Å². The van der Waals surface area contributed by atoms with E-state index in [9.17, 15) is 9.90 Å². The van der Waals surface area contributed by atoms with Gasteiger partial charge in [0.1, 0.15) is 11.5 Å². The van der Waals surface area contributed by atoms with Crippen molar-refractivity contribution in [2.45, 2.75) is 12.8 Å². The molecule has 3 rings (SSSR count). The topological polar surface area (TPSA) is 58.6 Å². The third kappa shape index (κ3) is 3.21. The Morgan fingerprint density at radius 3 is 2.62 bits per heavy atom. The van der Waals surface area contributed by atoms with E-state index in [2.05, 4.69) is 5.32 Å². The highest BCUT2D eigenvalue weighted by atomic mass is 35.5. The molecule has 2 N–H and O–H groups in total. The minimum Gasteiger partial charge on any atom is -0.511 e. The second-order valence-electron chi connectivity index (χ2n) is 5.43. The van der Waals surface area contributed by atoms with E-state index in [1.807, 2.05) is 6.07 Å². The van der Waals surface area contributed by atoms with Gasteiger partial charge in [0, 0.05) is 12.1 Å². The normalized spacial score (nSPS) is 13.5. The number of allylic oxidation sites excluding steroid dienone is 1. The zero-order valence-electron chi connectivity index (χ0n) is 12.9. The molecule has 24 heavy (non-hydrogen) atoms. The predicted molar refractivity (Wildman–Crippen MR) is 96.0 cm³/mol. The average molecular weight is 364 g/mol. The van der Waals surface area contributed by atoms with Gasteiger partial charge in [0.25, 0.3) is 5.91 Å². The Morgan fingerprint density at radius 1 is 1.12 bits per heavy atom. The Morgan fingerprint density at radius 2 is 1.92 bits per heavy atom. The number of fused-ring (bicyclic) bond motifs is 1. The van der Waals surface area contributed by atoms with Gasteiger partial charge in [-0.1, -0.05) is 29.3 Å². The van der Waals surface area contributed by atoms with Crippen LogP contribution in [0.2, 0.25) is 10.0 Å². The van der Waals surface area contributed by atoms with E-state index in [-0.39, 0.29) is 11.3 Å². The standard InChI is InChI=1S/C18H15Cl2NO3/c1-24-12-4-5-13-10(8-12)2-7-16(22)17(13)18(23)21-11-3-6-14(19)15(20)9-11/h3-6,8-9,22H,2,7H2,1H3,(H,21,23). The molecule has 0 aliphatic heterocycles. The van der Waals surface area contributed by atoms with Crippen molar-refractivity contribution in [2.75, 3.05) is 12.4 Å². The van der Waals surface area contributed by atoms with Gasteiger partial charge >= 0.3 is 0 Å². The molecule has 0 spiro atoms. The number of anilines is 1. The van der Waals surface area contributed by atoms with Crippen molar-refractivity contribution in [1.29, 1.82) is 0 Å². The number of hydrogen-bond donors (Lipinski definition) is 2. The summed E-state index contributed by atoms with van der Waals surface area (Å²) in [5, 5.41) is 13.7. The minimum atomic E-state index is -0.392. The monoisotopic (exact) mass is 363 g/mol. The molecule has 2 aromatic carbocycles. The van der Waals surface area contributed by atoms with Crippen molar-refractivity contribution in [3.63, 3.8) is 0 Å². The number of ether oxygens (including phenoxy) is 1. The molecule has 4 nitrogen and oxygen atoms in total. The minimum absolute atomic E-state index is 0.0743. The highest BCUT2D eigenvalue weighted by Crippen LogP contribution is 2.34. The van der Waals surface area contributed by atoms with Crippen LogP contribution in [0.4, 0.5) is 5.69 Å². The number of aliphatic hydroxyl groups is 1. The zero-order valence-corrected chi connectivity index (χ0v) is 14.4. The average Bonchev–Trinajstić information content (AvgIpc) is 2.57. The third-order valence-corrected chi connectivity index (χ3v) is 4.65. The fourth-order valence-electron chi connectivity index (χ4n) is 2.70. The van der Waals surface area contributed by atoms with Crippen LogP contribution in [-0.4, -0.2) is 18.1 Å². The van der Waals surface area contributed by atoms with E-state index in [1.165, 1.54) is 0 Å². The molecule has 1 aliphatic carbocycles. The van der Waals surface area contributed by atoms with Gasteiger partial charge in [-0.2, -0.15) is 0 Å². The SMILES string of the molecule is COc1ccc2c(c1)CCC(O)=C2C(=O)Nc1ccc(Cl)c(Cl)c1. The Kier molecular flexibility index (Phi) is 4.69. The molecule has 1 amide bonds. The van der Waals surface area contributed by atoms with E-state index in [0.717, 1.165) is 11.3 Å². The molecule has 0 heterocycles. The number of carbonyl (C=O) groups excluding carboxylic acids is 1. The smallest absolute Gasteiger partial charge is 0.259 e. The summed E-state index contributed by atoms with van der Waals surface area (Å²) >= 11 is 11.8. The molecule has 1 aliphatic rings. The summed E-state index contributed by atoms with van der Waals surface area (Å²) < 4.78 is 5.22. The lowest BCUT2D eigenvalue weighted by molar-refractivity contribution is -0.111. The Labute approximate surface area is 149 Å². The number of rotatable bonds is 3. The summed E-state index contributed by atoms with van der Waals surface area (Å²) in [6.07, 6.45) is 1.06. The lowest BCUT2D eigenvalue weighted by atomic mass is 9.89. The van der Waals surface area contributed by atoms with E-state index < -0.39 is 5.91 Å². The second kappa shape index (κ2) is 6.75. The molecular formula is C18H15Cl2NO3. The number of methoxy groups -OCH3 is 1. The number of aliphatic hydroxyl groups excluding tert-OH is 1. The van der Waals surface area contributed by atoms with Crippen LogP contribution in [0.5, 0.6) is 5.75 Å². The maximum atomic E-state index is 12.7. The predicted octanol–water partition coefficient (Wildman–Crippen LogP) is 4.86. The fourth-order valence-corrected chi connectivity index (χ4v) is 3.00. The molecule has 0 saturated carbocycles. The molecule has 0 aromatic heterocycles. The molecule has 6 heteroatoms. The van der Waals surface area contributed by atoms with Crippen LogP contribution < -0.4 is 10.1 Å². The second-order valence-corrected chi connectivity index (χ2v) is 6.24. The maximum Gasteiger partial charge on any atom is 0.259 e. The summed E-state index contributed by atoms with van der Waals surface area (Å²) in [7, 11) is 1.59. The van der Waals surface area contributed by atoms with Crippen molar-refractivity contribution in [3.8, 4) is 5.75 Å². The number of benzene rings is 2. The number of carbonyl (C=O) groups is 1. The number of nitrogens with one attached hydrogen (secondary N) is 1. The highest BCUT2D eigenvalue weighted by Gasteiger charge is 2.25. The molecule has 0 atom stereocenters. The van der Waals surface area contributed by atoms with Gasteiger partial charge in [0.15, 0.2) is 0 Å². The lowest BCUT2D eigenvalue weighted by Crippen LogP contribution is -2.19. The van der Waals surface area contributed by atoms with Crippen LogP contribution in [0.25, 0.3) is 5.57 Å². The maximum absolute atomic E-state index is 12.7. The number of aryl methyl sites for hydroxylation is 1. The molecule has 0 unspecified atom stereocenters. The van der Waals surface area contributed by atoms with Crippen LogP contribution >= 0.6 is 23.2 Å². The Balaban J connectivity index is 1.93. The first-order chi connectivity index (χ1) is 11.5. The van der Waals surface area contributed by atoms with Crippen LogP contribution in [0.3, 0.4) is 0 Å². The summed E-state index contributed by atoms with van der Waals surface area (Å²) in [6, 6.07) is 10.3. The first-order valence-corrected chi connectivity index (χ1v) is 8.11. The van der Waals surface area contributed by atoms with Gasteiger partial charge in [0.05, 0.1) is 22.7 Å². The quantitative estimate of drug-likeness (QED) is 0.818. The molecule has 0 fully saturated rings. The summed E-state index contributed by atoms with van der Waals surface area (Å²) in [4.78, 5) is 12.7. The largest absolute Gasteiger partial charge is 0.511 e. The van der Waals surface area contributed by atoms with Gasteiger partial charge in [-0.3, -0.25) is 4.79 Å². The van der Waals surface area contributed by atoms with Crippen molar-refractivity contribution < 1.29 is 14.6 Å². The highest BCUT2D eigenvalue weighted by molar-refractivity contribution is 6.42. The van der Waals surface area contributed by atoms with Gasteiger partial charge in [0.2, 0.25) is 0 Å². The number of amides is 1. The Bertz CT molecular complexity index is 846. The van der Waals surface area contributed by atoms with Crippen LogP contribution in [-0.2, 0) is 11.2 Å². The van der Waals surface area contributed by atoms with Crippen LogP contribution in [0, 0.1) is 0 Å². The van der Waals surface area contributed by atoms with Crippen molar-refractivity contribution in [2.24, 2.45) is 0 Å². The van der Waals surface area contributed by atoms with Crippen molar-refractivity contribution in [1.82, 2.24) is 0 Å². The van der Waals surface area contributed by atoms with Crippen molar-refractivity contribution >= 4 is 40.4 Å². The zero-order chi connectivity index (χ0) is 17.3. The van der Waals surface area contributed by atoms with Gasteiger partial charge < -0.3 is 15.2 Å². The van der Waals surface area contributed by atoms with Crippen LogP contribution in [0.15, 0.2) is 42.2 Å². The third-order valence-electron chi connectivity index (χ3n) is 3.91. The summed E-state index contributed by atoms with van der Waals surface area (Å²) in [6.45, 7) is 0. The van der Waals surface area contributed by atoms with E-state index in [0.29, 0.717) is 34.1 Å². The summed E-state index contributed by atoms with van der Waals surface area (Å²) in [5.74, 6) is 0.404. The lowest BCUT2D eigenvalue weighted by Gasteiger charge is -2.20. The molecule has 2 aromatic rings. The molecule has 0 saturated heterocycles. The molecule has 124 valence electrons. The van der Waals surface area contributed by atoms with Gasteiger partial charge in [-0.15, -0.1) is 0 Å². The van der Waals surface area contributed by atoms with E-state index >= 15 is 0 Å². The van der Waals surface area contributed by atoms with Gasteiger partial charge in [-0.05, 0) is 47.9 Å². The van der Waals surface area contributed by atoms with Gasteiger partial charge in [-0.25, -0.2) is 0 Å². The van der Waals surface area contributed by atoms with Crippen molar-refractivity contribution in [3.05, 3.63) is 63.3 Å². The Hall–Kier alpha value is -2.17. The van der Waals surface area contributed by atoms with E-state index in [1.54, 1.807) is 37.4 Å². The molecule has 0 bridgehead atoms. The number of hydrogen-bond acceptors (Lipinski definition) is 3.